The van der Waals surface area contributed by atoms with Crippen molar-refractivity contribution in [3.05, 3.63) is 51.2 Å². The fraction of sp³-hybridized carbons (Fsp3) is 0.444. The Morgan fingerprint density at radius 2 is 2.14 bits per heavy atom. The van der Waals surface area contributed by atoms with Crippen LogP contribution in [0.5, 0.6) is 0 Å². The molecule has 0 aliphatic carbocycles. The highest BCUT2D eigenvalue weighted by Crippen LogP contribution is 2.27. The zero-order valence-corrected chi connectivity index (χ0v) is 14.0. The molecule has 0 bridgehead atoms. The minimum atomic E-state index is 0.419. The minimum absolute atomic E-state index is 0.419. The van der Waals surface area contributed by atoms with Crippen LogP contribution >= 0.6 is 11.3 Å². The van der Waals surface area contributed by atoms with E-state index in [2.05, 4.69) is 61.4 Å². The van der Waals surface area contributed by atoms with Gasteiger partial charge in [-0.25, -0.2) is 0 Å². The lowest BCUT2D eigenvalue weighted by molar-refractivity contribution is 0.582. The topological polar surface area (TPSA) is 15.3 Å². The molecule has 2 heterocycles. The third-order valence-electron chi connectivity index (χ3n) is 4.30. The van der Waals surface area contributed by atoms with Crippen LogP contribution in [0.3, 0.4) is 0 Å². The van der Waals surface area contributed by atoms with Crippen LogP contribution in [0.4, 0.5) is 5.69 Å². The first-order valence-corrected chi connectivity index (χ1v) is 8.58. The van der Waals surface area contributed by atoms with Gasteiger partial charge < -0.3 is 10.2 Å². The SMILES string of the molecule is Cc1ccc(C(C)NCc2ccc3c(c2)CCCN3C)s1. The summed E-state index contributed by atoms with van der Waals surface area (Å²) in [7, 11) is 2.19. The Morgan fingerprint density at radius 1 is 1.29 bits per heavy atom. The predicted molar refractivity (Wildman–Crippen MR) is 92.3 cm³/mol. The number of hydrogen-bond acceptors (Lipinski definition) is 3. The van der Waals surface area contributed by atoms with E-state index in [4.69, 9.17) is 0 Å². The highest BCUT2D eigenvalue weighted by molar-refractivity contribution is 7.12. The van der Waals surface area contributed by atoms with Crippen molar-refractivity contribution < 1.29 is 0 Å². The maximum Gasteiger partial charge on any atom is 0.0396 e. The number of rotatable bonds is 4. The van der Waals surface area contributed by atoms with E-state index in [0.29, 0.717) is 6.04 Å². The molecule has 0 fully saturated rings. The lowest BCUT2D eigenvalue weighted by Crippen LogP contribution is -2.25. The molecule has 21 heavy (non-hydrogen) atoms. The normalized spacial score (nSPS) is 15.9. The Hall–Kier alpha value is -1.32. The zero-order valence-electron chi connectivity index (χ0n) is 13.1. The van der Waals surface area contributed by atoms with E-state index in [-0.39, 0.29) is 0 Å². The molecule has 1 aromatic carbocycles. The van der Waals surface area contributed by atoms with Crippen LogP contribution in [-0.4, -0.2) is 13.6 Å². The molecule has 2 nitrogen and oxygen atoms in total. The Bertz CT molecular complexity index is 617. The van der Waals surface area contributed by atoms with Gasteiger partial charge in [-0.1, -0.05) is 12.1 Å². The molecular weight excluding hydrogens is 276 g/mol. The quantitative estimate of drug-likeness (QED) is 0.906. The first-order valence-electron chi connectivity index (χ1n) is 7.76. The second-order valence-electron chi connectivity index (χ2n) is 6.04. The highest BCUT2D eigenvalue weighted by atomic mass is 32.1. The van der Waals surface area contributed by atoms with Gasteiger partial charge in [-0.05, 0) is 56.0 Å². The van der Waals surface area contributed by atoms with Gasteiger partial charge in [0, 0.05) is 41.6 Å². The van der Waals surface area contributed by atoms with E-state index in [1.807, 2.05) is 11.3 Å². The van der Waals surface area contributed by atoms with Gasteiger partial charge in [-0.15, -0.1) is 11.3 Å². The first kappa shape index (κ1) is 14.6. The predicted octanol–water partition coefficient (Wildman–Crippen LogP) is 4.29. The summed E-state index contributed by atoms with van der Waals surface area (Å²) < 4.78 is 0. The lowest BCUT2D eigenvalue weighted by atomic mass is 9.99. The zero-order chi connectivity index (χ0) is 14.8. The van der Waals surface area contributed by atoms with Crippen LogP contribution in [0.2, 0.25) is 0 Å². The number of benzene rings is 1. The number of anilines is 1. The van der Waals surface area contributed by atoms with Gasteiger partial charge in [-0.2, -0.15) is 0 Å². The molecule has 1 unspecified atom stereocenters. The fourth-order valence-corrected chi connectivity index (χ4v) is 3.91. The molecule has 2 aromatic rings. The van der Waals surface area contributed by atoms with Gasteiger partial charge >= 0.3 is 0 Å². The first-order chi connectivity index (χ1) is 10.1. The van der Waals surface area contributed by atoms with Gasteiger partial charge in [0.25, 0.3) is 0 Å². The summed E-state index contributed by atoms with van der Waals surface area (Å²) in [6.07, 6.45) is 2.48. The number of aryl methyl sites for hydroxylation is 2. The summed E-state index contributed by atoms with van der Waals surface area (Å²) in [6.45, 7) is 6.53. The van der Waals surface area contributed by atoms with E-state index in [1.54, 1.807) is 0 Å². The summed E-state index contributed by atoms with van der Waals surface area (Å²) in [5.74, 6) is 0. The molecule has 0 radical (unpaired) electrons. The number of nitrogens with zero attached hydrogens (tertiary/aromatic N) is 1. The summed E-state index contributed by atoms with van der Waals surface area (Å²) in [6, 6.07) is 11.8. The van der Waals surface area contributed by atoms with Crippen LogP contribution in [0.1, 0.15) is 40.3 Å². The largest absolute Gasteiger partial charge is 0.374 e. The summed E-state index contributed by atoms with van der Waals surface area (Å²) in [4.78, 5) is 5.17. The molecule has 1 aliphatic heterocycles. The molecule has 3 heteroatoms. The molecule has 0 saturated heterocycles. The van der Waals surface area contributed by atoms with Crippen LogP contribution in [0, 0.1) is 6.92 Å². The van der Waals surface area contributed by atoms with Gasteiger partial charge in [0.15, 0.2) is 0 Å². The van der Waals surface area contributed by atoms with Crippen molar-refractivity contribution in [2.24, 2.45) is 0 Å². The Labute approximate surface area is 131 Å². The maximum absolute atomic E-state index is 3.64. The van der Waals surface area contributed by atoms with Gasteiger partial charge in [0.2, 0.25) is 0 Å². The van der Waals surface area contributed by atoms with Gasteiger partial charge in [-0.3, -0.25) is 0 Å². The van der Waals surface area contributed by atoms with Crippen molar-refractivity contribution in [1.82, 2.24) is 5.32 Å². The summed E-state index contributed by atoms with van der Waals surface area (Å²) >= 11 is 1.88. The van der Waals surface area contributed by atoms with Crippen LogP contribution in [0.25, 0.3) is 0 Å². The molecule has 1 N–H and O–H groups in total. The summed E-state index contributed by atoms with van der Waals surface area (Å²) in [5.41, 5.74) is 4.30. The smallest absolute Gasteiger partial charge is 0.0396 e. The van der Waals surface area contributed by atoms with Crippen LogP contribution < -0.4 is 10.2 Å². The molecule has 112 valence electrons. The molecule has 0 spiro atoms. The number of thiophene rings is 1. The van der Waals surface area contributed by atoms with E-state index in [0.717, 1.165) is 6.54 Å². The van der Waals surface area contributed by atoms with E-state index < -0.39 is 0 Å². The van der Waals surface area contributed by atoms with Crippen LogP contribution in [0.15, 0.2) is 30.3 Å². The molecule has 3 rings (SSSR count). The van der Waals surface area contributed by atoms with Gasteiger partial charge in [0.05, 0.1) is 0 Å². The third kappa shape index (κ3) is 3.30. The van der Waals surface area contributed by atoms with Crippen molar-refractivity contribution in [2.45, 2.75) is 39.3 Å². The standard InChI is InChI=1S/C18H24N2S/c1-13-6-9-18(21-13)14(2)19-12-15-7-8-17-16(11-15)5-4-10-20(17)3/h6-9,11,14,19H,4-5,10,12H2,1-3H3. The molecule has 1 aliphatic rings. The van der Waals surface area contributed by atoms with Crippen molar-refractivity contribution in [3.8, 4) is 0 Å². The minimum Gasteiger partial charge on any atom is -0.374 e. The van der Waals surface area contributed by atoms with Crippen molar-refractivity contribution in [2.75, 3.05) is 18.5 Å². The average Bonchev–Trinajstić information content (AvgIpc) is 2.91. The fourth-order valence-electron chi connectivity index (χ4n) is 3.01. The lowest BCUT2D eigenvalue weighted by Gasteiger charge is -2.28. The maximum atomic E-state index is 3.64. The van der Waals surface area contributed by atoms with Crippen molar-refractivity contribution in [1.29, 1.82) is 0 Å². The third-order valence-corrected chi connectivity index (χ3v) is 5.48. The second kappa shape index (κ2) is 6.20. The Kier molecular flexibility index (Phi) is 4.32. The Balaban J connectivity index is 1.65. The number of nitrogens with one attached hydrogen (secondary N) is 1. The molecule has 1 atom stereocenters. The number of hydrogen-bond donors (Lipinski definition) is 1. The average molecular weight is 300 g/mol. The monoisotopic (exact) mass is 300 g/mol. The molecular formula is C18H24N2S. The van der Waals surface area contributed by atoms with Crippen LogP contribution in [-0.2, 0) is 13.0 Å². The van der Waals surface area contributed by atoms with E-state index in [1.165, 1.54) is 46.0 Å². The second-order valence-corrected chi connectivity index (χ2v) is 7.36. The van der Waals surface area contributed by atoms with Crippen molar-refractivity contribution in [3.63, 3.8) is 0 Å². The Morgan fingerprint density at radius 3 is 2.90 bits per heavy atom. The van der Waals surface area contributed by atoms with E-state index >= 15 is 0 Å². The van der Waals surface area contributed by atoms with Gasteiger partial charge in [0.1, 0.15) is 0 Å². The number of fused-ring (bicyclic) bond motifs is 1. The molecule has 1 aromatic heterocycles. The highest BCUT2D eigenvalue weighted by Gasteiger charge is 2.14. The molecule has 0 saturated carbocycles. The summed E-state index contributed by atoms with van der Waals surface area (Å²) in [5, 5.41) is 3.64. The molecule has 0 amide bonds. The van der Waals surface area contributed by atoms with Crippen molar-refractivity contribution >= 4 is 17.0 Å². The van der Waals surface area contributed by atoms with E-state index in [9.17, 15) is 0 Å².